The first-order valence-corrected chi connectivity index (χ1v) is 8.06. The number of carbonyl (C=O) groups is 1. The van der Waals surface area contributed by atoms with Crippen LogP contribution in [0, 0.1) is 0 Å². The molecule has 2 heterocycles. The van der Waals surface area contributed by atoms with Crippen LogP contribution in [0.5, 0.6) is 0 Å². The first-order chi connectivity index (χ1) is 10.8. The van der Waals surface area contributed by atoms with Gasteiger partial charge in [0.1, 0.15) is 6.04 Å². The summed E-state index contributed by atoms with van der Waals surface area (Å²) in [6.07, 6.45) is 3.63. The molecule has 3 aromatic rings. The van der Waals surface area contributed by atoms with E-state index in [1.807, 2.05) is 34.5 Å². The molecule has 0 fully saturated rings. The van der Waals surface area contributed by atoms with E-state index in [0.29, 0.717) is 17.1 Å². The molecule has 112 valence electrons. The van der Waals surface area contributed by atoms with E-state index >= 15 is 0 Å². The second-order valence-corrected chi connectivity index (χ2v) is 6.09. The fourth-order valence-corrected chi connectivity index (χ4v) is 3.24. The Morgan fingerprint density at radius 1 is 1.27 bits per heavy atom. The molecule has 0 bridgehead atoms. The van der Waals surface area contributed by atoms with Gasteiger partial charge in [-0.1, -0.05) is 29.8 Å². The Morgan fingerprint density at radius 3 is 2.82 bits per heavy atom. The fraction of sp³-hybridized carbons (Fsp3) is 0.125. The van der Waals surface area contributed by atoms with Crippen molar-refractivity contribution in [1.29, 1.82) is 0 Å². The van der Waals surface area contributed by atoms with Crippen LogP contribution in [-0.4, -0.2) is 22.2 Å². The molecule has 1 atom stereocenters. The molecular formula is C16H14ClN3OS. The summed E-state index contributed by atoms with van der Waals surface area (Å²) in [6, 6.07) is 12.9. The van der Waals surface area contributed by atoms with Gasteiger partial charge in [0.05, 0.1) is 10.6 Å². The molecule has 0 radical (unpaired) electrons. The van der Waals surface area contributed by atoms with E-state index in [-0.39, 0.29) is 11.9 Å². The molecule has 0 aliphatic heterocycles. The van der Waals surface area contributed by atoms with E-state index in [1.54, 1.807) is 41.8 Å². The number of thiophene rings is 1. The van der Waals surface area contributed by atoms with E-state index in [2.05, 4.69) is 10.4 Å². The molecule has 22 heavy (non-hydrogen) atoms. The van der Waals surface area contributed by atoms with Crippen LogP contribution < -0.4 is 5.32 Å². The number of halogens is 1. The lowest BCUT2D eigenvalue weighted by atomic mass is 10.2. The summed E-state index contributed by atoms with van der Waals surface area (Å²) in [5.74, 6) is -0.181. The predicted octanol–water partition coefficient (Wildman–Crippen LogP) is 3.62. The van der Waals surface area contributed by atoms with E-state index < -0.39 is 0 Å². The molecule has 0 saturated heterocycles. The van der Waals surface area contributed by atoms with Crippen molar-refractivity contribution in [3.05, 3.63) is 75.7 Å². The normalized spacial score (nSPS) is 12.0. The largest absolute Gasteiger partial charge is 0.349 e. The Balaban J connectivity index is 1.75. The standard InChI is InChI=1S/C16H14ClN3OS/c17-13-6-2-1-5-12(13)16(21)18-11-14(15-7-3-10-22-15)20-9-4-8-19-20/h1-10,14H,11H2,(H,18,21)/t14-/m0/s1. The molecule has 0 unspecified atom stereocenters. The number of amides is 1. The third-order valence-corrected chi connectivity index (χ3v) is 4.59. The minimum absolute atomic E-state index is 0.0264. The summed E-state index contributed by atoms with van der Waals surface area (Å²) < 4.78 is 1.85. The topological polar surface area (TPSA) is 46.9 Å². The zero-order valence-corrected chi connectivity index (χ0v) is 13.2. The van der Waals surface area contributed by atoms with Crippen LogP contribution in [0.15, 0.2) is 60.2 Å². The number of nitrogens with zero attached hydrogens (tertiary/aromatic N) is 2. The van der Waals surface area contributed by atoms with Gasteiger partial charge in [0.15, 0.2) is 0 Å². The van der Waals surface area contributed by atoms with Gasteiger partial charge in [-0.3, -0.25) is 9.48 Å². The molecule has 1 aromatic carbocycles. The highest BCUT2D eigenvalue weighted by Crippen LogP contribution is 2.22. The van der Waals surface area contributed by atoms with Crippen LogP contribution in [0.2, 0.25) is 5.02 Å². The van der Waals surface area contributed by atoms with Gasteiger partial charge < -0.3 is 5.32 Å². The Hall–Kier alpha value is -2.11. The number of hydrogen-bond acceptors (Lipinski definition) is 3. The summed E-state index contributed by atoms with van der Waals surface area (Å²) >= 11 is 7.70. The van der Waals surface area contributed by atoms with Crippen LogP contribution in [0.1, 0.15) is 21.3 Å². The maximum Gasteiger partial charge on any atom is 0.252 e. The first-order valence-electron chi connectivity index (χ1n) is 6.81. The Kier molecular flexibility index (Phi) is 4.56. The molecule has 0 saturated carbocycles. The van der Waals surface area contributed by atoms with Gasteiger partial charge in [-0.2, -0.15) is 5.10 Å². The van der Waals surface area contributed by atoms with E-state index in [4.69, 9.17) is 11.6 Å². The minimum Gasteiger partial charge on any atom is -0.349 e. The SMILES string of the molecule is O=C(NC[C@@H](c1cccs1)n1cccn1)c1ccccc1Cl. The number of rotatable bonds is 5. The van der Waals surface area contributed by atoms with Crippen molar-refractivity contribution in [3.8, 4) is 0 Å². The molecule has 1 N–H and O–H groups in total. The third kappa shape index (κ3) is 3.21. The van der Waals surface area contributed by atoms with Crippen molar-refractivity contribution in [2.75, 3.05) is 6.54 Å². The van der Waals surface area contributed by atoms with Crippen molar-refractivity contribution >= 4 is 28.8 Å². The fourth-order valence-electron chi connectivity index (χ4n) is 2.20. The minimum atomic E-state index is -0.181. The number of carbonyl (C=O) groups excluding carboxylic acids is 1. The summed E-state index contributed by atoms with van der Waals surface area (Å²) in [6.45, 7) is 0.451. The molecule has 6 heteroatoms. The quantitative estimate of drug-likeness (QED) is 0.776. The van der Waals surface area contributed by atoms with Gasteiger partial charge in [-0.25, -0.2) is 0 Å². The van der Waals surface area contributed by atoms with E-state index in [1.165, 1.54) is 0 Å². The zero-order chi connectivity index (χ0) is 15.4. The van der Waals surface area contributed by atoms with Crippen molar-refractivity contribution in [3.63, 3.8) is 0 Å². The third-order valence-electron chi connectivity index (χ3n) is 3.29. The predicted molar refractivity (Wildman–Crippen MR) is 88.5 cm³/mol. The van der Waals surface area contributed by atoms with Gasteiger partial charge in [0, 0.05) is 23.8 Å². The van der Waals surface area contributed by atoms with Crippen LogP contribution >= 0.6 is 22.9 Å². The number of nitrogens with one attached hydrogen (secondary N) is 1. The Bertz CT molecular complexity index is 706. The van der Waals surface area contributed by atoms with E-state index in [0.717, 1.165) is 4.88 Å². The van der Waals surface area contributed by atoms with Crippen LogP contribution in [0.3, 0.4) is 0 Å². The summed E-state index contributed by atoms with van der Waals surface area (Å²) in [4.78, 5) is 13.4. The van der Waals surface area contributed by atoms with Crippen LogP contribution in [0.4, 0.5) is 0 Å². The highest BCUT2D eigenvalue weighted by atomic mass is 35.5. The monoisotopic (exact) mass is 331 g/mol. The molecule has 0 aliphatic carbocycles. The maximum atomic E-state index is 12.3. The zero-order valence-electron chi connectivity index (χ0n) is 11.6. The van der Waals surface area contributed by atoms with Gasteiger partial charge >= 0.3 is 0 Å². The Morgan fingerprint density at radius 2 is 2.14 bits per heavy atom. The van der Waals surface area contributed by atoms with Crippen molar-refractivity contribution in [2.45, 2.75) is 6.04 Å². The highest BCUT2D eigenvalue weighted by Gasteiger charge is 2.17. The average molecular weight is 332 g/mol. The van der Waals surface area contributed by atoms with Gasteiger partial charge in [0.25, 0.3) is 5.91 Å². The number of aromatic nitrogens is 2. The number of hydrogen-bond donors (Lipinski definition) is 1. The van der Waals surface area contributed by atoms with Gasteiger partial charge in [0.2, 0.25) is 0 Å². The molecular weight excluding hydrogens is 318 g/mol. The summed E-state index contributed by atoms with van der Waals surface area (Å²) in [7, 11) is 0. The second-order valence-electron chi connectivity index (χ2n) is 4.71. The molecule has 2 aromatic heterocycles. The number of benzene rings is 1. The molecule has 4 nitrogen and oxygen atoms in total. The lowest BCUT2D eigenvalue weighted by molar-refractivity contribution is 0.0949. The molecule has 0 spiro atoms. The van der Waals surface area contributed by atoms with Crippen LogP contribution in [-0.2, 0) is 0 Å². The first kappa shape index (κ1) is 14.8. The average Bonchev–Trinajstić information content (AvgIpc) is 3.21. The Labute approximate surface area is 137 Å². The highest BCUT2D eigenvalue weighted by molar-refractivity contribution is 7.10. The van der Waals surface area contributed by atoms with E-state index in [9.17, 15) is 4.79 Å². The van der Waals surface area contributed by atoms with Crippen molar-refractivity contribution in [1.82, 2.24) is 15.1 Å². The van der Waals surface area contributed by atoms with Crippen molar-refractivity contribution in [2.24, 2.45) is 0 Å². The van der Waals surface area contributed by atoms with Gasteiger partial charge in [-0.05, 0) is 29.6 Å². The molecule has 3 rings (SSSR count). The lowest BCUT2D eigenvalue weighted by Gasteiger charge is -2.17. The smallest absolute Gasteiger partial charge is 0.252 e. The molecule has 1 amide bonds. The molecule has 0 aliphatic rings. The lowest BCUT2D eigenvalue weighted by Crippen LogP contribution is -2.31. The summed E-state index contributed by atoms with van der Waals surface area (Å²) in [5.41, 5.74) is 0.481. The van der Waals surface area contributed by atoms with Gasteiger partial charge in [-0.15, -0.1) is 11.3 Å². The second kappa shape index (κ2) is 6.77. The summed E-state index contributed by atoms with van der Waals surface area (Å²) in [5, 5.41) is 9.69. The van der Waals surface area contributed by atoms with Crippen LogP contribution in [0.25, 0.3) is 0 Å². The van der Waals surface area contributed by atoms with Crippen molar-refractivity contribution < 1.29 is 4.79 Å². The maximum absolute atomic E-state index is 12.3.